The van der Waals surface area contributed by atoms with Gasteiger partial charge in [0.15, 0.2) is 0 Å². The molecule has 2 heterocycles. The van der Waals surface area contributed by atoms with E-state index in [-0.39, 0.29) is 6.03 Å². The van der Waals surface area contributed by atoms with E-state index in [4.69, 9.17) is 0 Å². The number of amides is 2. The summed E-state index contributed by atoms with van der Waals surface area (Å²) < 4.78 is 0. The molecule has 0 bridgehead atoms. The van der Waals surface area contributed by atoms with Crippen LogP contribution in [0.2, 0.25) is 0 Å². The highest BCUT2D eigenvalue weighted by molar-refractivity contribution is 8.06. The van der Waals surface area contributed by atoms with Crippen LogP contribution in [0.3, 0.4) is 0 Å². The Labute approximate surface area is 134 Å². The van der Waals surface area contributed by atoms with E-state index in [1.54, 1.807) is 4.90 Å². The van der Waals surface area contributed by atoms with Crippen molar-refractivity contribution in [3.8, 4) is 0 Å². The predicted octanol–water partition coefficient (Wildman–Crippen LogP) is 2.26. The van der Waals surface area contributed by atoms with Crippen molar-refractivity contribution < 1.29 is 14.7 Å². The molecule has 2 fully saturated rings. The first-order valence-corrected chi connectivity index (χ1v) is 9.78. The topological polar surface area (TPSA) is 69.6 Å². The zero-order valence-electron chi connectivity index (χ0n) is 12.5. The van der Waals surface area contributed by atoms with Gasteiger partial charge in [0.05, 0.1) is 0 Å². The molecule has 2 aliphatic heterocycles. The molecule has 0 aromatic heterocycles. The van der Waals surface area contributed by atoms with Gasteiger partial charge in [-0.25, -0.2) is 9.59 Å². The molecule has 0 radical (unpaired) electrons. The predicted molar refractivity (Wildman–Crippen MR) is 88.2 cm³/mol. The number of likely N-dealkylation sites (tertiary alicyclic amines) is 1. The summed E-state index contributed by atoms with van der Waals surface area (Å²) in [5, 5.41) is 13.0. The Kier molecular flexibility index (Phi) is 6.10. The minimum atomic E-state index is -0.993. The summed E-state index contributed by atoms with van der Waals surface area (Å²) in [6.07, 6.45) is 2.64. The minimum absolute atomic E-state index is 0.209. The third-order valence-electron chi connectivity index (χ3n) is 4.16. The van der Waals surface area contributed by atoms with Gasteiger partial charge in [-0.1, -0.05) is 13.3 Å². The molecule has 21 heavy (non-hydrogen) atoms. The quantitative estimate of drug-likeness (QED) is 0.808. The van der Waals surface area contributed by atoms with Crippen LogP contribution in [0.4, 0.5) is 4.79 Å². The van der Waals surface area contributed by atoms with Crippen LogP contribution in [0.15, 0.2) is 0 Å². The Balaban J connectivity index is 1.94. The van der Waals surface area contributed by atoms with Gasteiger partial charge in [-0.15, -0.1) is 0 Å². The molecule has 0 aliphatic carbocycles. The number of carboxylic acids is 1. The number of aliphatic carboxylic acids is 1. The number of urea groups is 1. The molecule has 2 aliphatic rings. The fraction of sp³-hybridized carbons (Fsp3) is 0.857. The molecule has 7 heteroatoms. The molecule has 2 N–H and O–H groups in total. The average Bonchev–Trinajstić information content (AvgIpc) is 2.91. The van der Waals surface area contributed by atoms with Gasteiger partial charge in [0.1, 0.15) is 5.54 Å². The normalized spacial score (nSPS) is 29.4. The van der Waals surface area contributed by atoms with E-state index in [9.17, 15) is 14.7 Å². The number of hydrogen-bond donors (Lipinski definition) is 2. The molecule has 2 rings (SSSR count). The van der Waals surface area contributed by atoms with Crippen LogP contribution in [0.1, 0.15) is 32.6 Å². The molecule has 0 aromatic carbocycles. The maximum Gasteiger partial charge on any atom is 0.329 e. The molecule has 2 atom stereocenters. The minimum Gasteiger partial charge on any atom is -0.479 e. The van der Waals surface area contributed by atoms with Gasteiger partial charge in [0.2, 0.25) is 0 Å². The van der Waals surface area contributed by atoms with Gasteiger partial charge in [-0.2, -0.15) is 23.5 Å². The Morgan fingerprint density at radius 2 is 2.24 bits per heavy atom. The first kappa shape index (κ1) is 16.8. The molecule has 5 nitrogen and oxygen atoms in total. The van der Waals surface area contributed by atoms with Crippen molar-refractivity contribution in [3.63, 3.8) is 0 Å². The number of hydrogen-bond acceptors (Lipinski definition) is 4. The van der Waals surface area contributed by atoms with E-state index in [2.05, 4.69) is 5.32 Å². The lowest BCUT2D eigenvalue weighted by Gasteiger charge is -2.35. The van der Waals surface area contributed by atoms with Crippen LogP contribution in [-0.4, -0.2) is 63.1 Å². The first-order chi connectivity index (χ1) is 10.1. The molecule has 2 unspecified atom stereocenters. The average molecular weight is 332 g/mol. The summed E-state index contributed by atoms with van der Waals surface area (Å²) >= 11 is 3.81. The second-order valence-corrected chi connectivity index (χ2v) is 8.15. The number of carboxylic acid groups (broad SMARTS) is 1. The highest BCUT2D eigenvalue weighted by Crippen LogP contribution is 2.34. The number of nitrogens with zero attached hydrogens (tertiary/aromatic N) is 1. The highest BCUT2D eigenvalue weighted by Gasteiger charge is 2.49. The van der Waals surface area contributed by atoms with Crippen molar-refractivity contribution in [2.75, 3.05) is 30.3 Å². The van der Waals surface area contributed by atoms with Crippen LogP contribution in [0.5, 0.6) is 0 Å². The second kappa shape index (κ2) is 7.63. The Morgan fingerprint density at radius 3 is 2.86 bits per heavy atom. The van der Waals surface area contributed by atoms with Crippen LogP contribution in [0, 0.1) is 0 Å². The Hall–Kier alpha value is -0.560. The summed E-state index contributed by atoms with van der Waals surface area (Å²) in [6, 6.07) is -0.209. The van der Waals surface area contributed by atoms with E-state index in [0.29, 0.717) is 31.2 Å². The second-order valence-electron chi connectivity index (χ2n) is 5.60. The van der Waals surface area contributed by atoms with E-state index in [0.717, 1.165) is 24.3 Å². The van der Waals surface area contributed by atoms with E-state index < -0.39 is 11.5 Å². The molecular weight excluding hydrogens is 308 g/mol. The van der Waals surface area contributed by atoms with Crippen LogP contribution in [0.25, 0.3) is 0 Å². The van der Waals surface area contributed by atoms with Gasteiger partial charge in [0, 0.05) is 35.6 Å². The molecular formula is C14H24N2O3S2. The molecule has 0 spiro atoms. The van der Waals surface area contributed by atoms with Crippen LogP contribution >= 0.6 is 23.5 Å². The van der Waals surface area contributed by atoms with Crippen molar-refractivity contribution in [2.24, 2.45) is 0 Å². The largest absolute Gasteiger partial charge is 0.479 e. The lowest BCUT2D eigenvalue weighted by molar-refractivity contribution is -0.148. The van der Waals surface area contributed by atoms with Gasteiger partial charge in [0.25, 0.3) is 0 Å². The van der Waals surface area contributed by atoms with Gasteiger partial charge in [-0.3, -0.25) is 0 Å². The van der Waals surface area contributed by atoms with Crippen LogP contribution in [-0.2, 0) is 4.79 Å². The maximum absolute atomic E-state index is 12.4. The molecule has 2 saturated heterocycles. The van der Waals surface area contributed by atoms with Crippen molar-refractivity contribution in [3.05, 3.63) is 0 Å². The smallest absolute Gasteiger partial charge is 0.329 e. The number of rotatable bonds is 5. The zero-order valence-corrected chi connectivity index (χ0v) is 14.1. The Bertz CT molecular complexity index is 388. The van der Waals surface area contributed by atoms with E-state index in [1.807, 2.05) is 30.4 Å². The number of carbonyl (C=O) groups excluding carboxylic acids is 1. The maximum atomic E-state index is 12.4. The third kappa shape index (κ3) is 3.80. The summed E-state index contributed by atoms with van der Waals surface area (Å²) in [4.78, 5) is 25.7. The van der Waals surface area contributed by atoms with E-state index in [1.165, 1.54) is 5.75 Å². The number of carbonyl (C=O) groups is 2. The molecule has 2 amide bonds. The van der Waals surface area contributed by atoms with Crippen molar-refractivity contribution in [1.82, 2.24) is 10.2 Å². The summed E-state index contributed by atoms with van der Waals surface area (Å²) in [7, 11) is 0. The number of thioether (sulfide) groups is 2. The van der Waals surface area contributed by atoms with Gasteiger partial charge < -0.3 is 15.3 Å². The van der Waals surface area contributed by atoms with E-state index >= 15 is 0 Å². The monoisotopic (exact) mass is 332 g/mol. The molecule has 120 valence electrons. The molecule has 0 saturated carbocycles. The SMILES string of the molecule is CCCC1(C(=O)O)CCCN1C(=O)NCC1CSCCS1. The van der Waals surface area contributed by atoms with Crippen molar-refractivity contribution in [1.29, 1.82) is 0 Å². The van der Waals surface area contributed by atoms with Gasteiger partial charge in [-0.05, 0) is 19.3 Å². The standard InChI is InChI=1S/C14H24N2O3S2/c1-2-4-14(12(17)18)5-3-6-16(14)13(19)15-9-11-10-20-7-8-21-11/h11H,2-10H2,1H3,(H,15,19)(H,17,18). The summed E-state index contributed by atoms with van der Waals surface area (Å²) in [5.74, 6) is 2.51. The Morgan fingerprint density at radius 1 is 1.43 bits per heavy atom. The van der Waals surface area contributed by atoms with Gasteiger partial charge >= 0.3 is 12.0 Å². The zero-order chi connectivity index (χ0) is 15.3. The first-order valence-electron chi connectivity index (χ1n) is 7.58. The van der Waals surface area contributed by atoms with Crippen LogP contribution < -0.4 is 5.32 Å². The fourth-order valence-electron chi connectivity index (χ4n) is 3.13. The summed E-state index contributed by atoms with van der Waals surface area (Å²) in [5.41, 5.74) is -0.993. The third-order valence-corrected chi connectivity index (χ3v) is 7.01. The van der Waals surface area contributed by atoms with Crippen molar-refractivity contribution in [2.45, 2.75) is 43.4 Å². The van der Waals surface area contributed by atoms with Crippen molar-refractivity contribution >= 4 is 35.5 Å². The fourth-order valence-corrected chi connectivity index (χ4v) is 5.74. The summed E-state index contributed by atoms with van der Waals surface area (Å²) in [6.45, 7) is 3.15. The highest BCUT2D eigenvalue weighted by atomic mass is 32.2. The lowest BCUT2D eigenvalue weighted by atomic mass is 9.91. The molecule has 0 aromatic rings. The lowest BCUT2D eigenvalue weighted by Crippen LogP contribution is -2.56. The number of nitrogens with one attached hydrogen (secondary N) is 1.